The zero-order chi connectivity index (χ0) is 21.6. The lowest BCUT2D eigenvalue weighted by Gasteiger charge is -2.22. The minimum atomic E-state index is -0.234. The van der Waals surface area contributed by atoms with Crippen LogP contribution in [0.3, 0.4) is 0 Å². The van der Waals surface area contributed by atoms with Crippen LogP contribution in [0.15, 0.2) is 60.0 Å². The van der Waals surface area contributed by atoms with Crippen molar-refractivity contribution in [2.24, 2.45) is 0 Å². The molecule has 0 radical (unpaired) electrons. The molecule has 1 fully saturated rings. The van der Waals surface area contributed by atoms with Crippen LogP contribution in [-0.2, 0) is 4.79 Å². The minimum absolute atomic E-state index is 0.00955. The summed E-state index contributed by atoms with van der Waals surface area (Å²) >= 11 is 1.64. The number of aryl methyl sites for hydroxylation is 1. The number of carbonyl (C=O) groups excluding carboxylic acids is 2. The van der Waals surface area contributed by atoms with Gasteiger partial charge in [0.05, 0.1) is 12.2 Å². The second-order valence-corrected chi connectivity index (χ2v) is 8.46. The second-order valence-electron chi connectivity index (χ2n) is 7.62. The molecule has 2 amide bonds. The number of nitrogens with zero attached hydrogens (tertiary/aromatic N) is 3. The number of hydrogen-bond donors (Lipinski definition) is 1. The number of anilines is 1. The van der Waals surface area contributed by atoms with Gasteiger partial charge in [-0.3, -0.25) is 9.59 Å². The van der Waals surface area contributed by atoms with Crippen molar-refractivity contribution in [1.29, 1.82) is 0 Å². The Balaban J connectivity index is 1.28. The second kappa shape index (κ2) is 9.75. The number of carbonyl (C=O) groups is 2. The highest BCUT2D eigenvalue weighted by Crippen LogP contribution is 2.21. The lowest BCUT2D eigenvalue weighted by Crippen LogP contribution is -2.42. The van der Waals surface area contributed by atoms with Crippen molar-refractivity contribution in [1.82, 2.24) is 15.2 Å². The first-order chi connectivity index (χ1) is 15.1. The monoisotopic (exact) mass is 434 g/mol. The van der Waals surface area contributed by atoms with Gasteiger partial charge in [-0.1, -0.05) is 42.5 Å². The maximum Gasteiger partial charge on any atom is 0.251 e. The van der Waals surface area contributed by atoms with E-state index >= 15 is 0 Å². The molecule has 4 rings (SSSR count). The fourth-order valence-electron chi connectivity index (χ4n) is 3.66. The first-order valence-electron chi connectivity index (χ1n) is 10.5. The van der Waals surface area contributed by atoms with Crippen molar-refractivity contribution in [3.8, 4) is 11.1 Å². The summed E-state index contributed by atoms with van der Waals surface area (Å²) in [5.41, 5.74) is 3.73. The third-order valence-corrected chi connectivity index (χ3v) is 6.40. The van der Waals surface area contributed by atoms with Gasteiger partial charge in [-0.15, -0.1) is 11.3 Å². The van der Waals surface area contributed by atoms with Gasteiger partial charge in [0, 0.05) is 37.1 Å². The van der Waals surface area contributed by atoms with Crippen LogP contribution in [-0.4, -0.2) is 54.4 Å². The first kappa shape index (κ1) is 21.1. The van der Waals surface area contributed by atoms with Crippen molar-refractivity contribution in [2.45, 2.75) is 13.3 Å². The molecule has 1 saturated heterocycles. The molecule has 1 aliphatic rings. The van der Waals surface area contributed by atoms with Crippen molar-refractivity contribution >= 4 is 28.3 Å². The molecule has 0 atom stereocenters. The molecule has 1 aromatic heterocycles. The highest BCUT2D eigenvalue weighted by Gasteiger charge is 2.21. The molecule has 1 N–H and O–H groups in total. The molecule has 0 unspecified atom stereocenters. The van der Waals surface area contributed by atoms with Crippen molar-refractivity contribution in [3.63, 3.8) is 0 Å². The summed E-state index contributed by atoms with van der Waals surface area (Å²) in [6.45, 7) is 4.98. The normalized spacial score (nSPS) is 14.2. The van der Waals surface area contributed by atoms with Gasteiger partial charge < -0.3 is 15.1 Å². The molecule has 6 nitrogen and oxygen atoms in total. The van der Waals surface area contributed by atoms with E-state index < -0.39 is 0 Å². The number of benzene rings is 2. The topological polar surface area (TPSA) is 65.5 Å². The van der Waals surface area contributed by atoms with Gasteiger partial charge in [0.1, 0.15) is 0 Å². The third-order valence-electron chi connectivity index (χ3n) is 5.38. The Bertz CT molecular complexity index is 1030. The lowest BCUT2D eigenvalue weighted by atomic mass is 10.0. The van der Waals surface area contributed by atoms with Crippen LogP contribution in [0.2, 0.25) is 0 Å². The maximum atomic E-state index is 12.7. The Morgan fingerprint density at radius 1 is 0.968 bits per heavy atom. The van der Waals surface area contributed by atoms with Crippen LogP contribution in [0.5, 0.6) is 0 Å². The van der Waals surface area contributed by atoms with Crippen LogP contribution in [0.25, 0.3) is 11.1 Å². The number of hydrogen-bond acceptors (Lipinski definition) is 5. The standard InChI is InChI=1S/C24H26N4O2S/c1-18-17-31-24(26-18)28-13-5-12-27(14-15-28)22(29)16-25-23(30)21-10-8-20(9-11-21)19-6-3-2-4-7-19/h2-4,6-11,17H,5,12-16H2,1H3,(H,25,30). The van der Waals surface area contributed by atoms with Crippen molar-refractivity contribution in [3.05, 3.63) is 71.2 Å². The average molecular weight is 435 g/mol. The summed E-state index contributed by atoms with van der Waals surface area (Å²) < 4.78 is 0. The van der Waals surface area contributed by atoms with E-state index in [9.17, 15) is 9.59 Å². The Morgan fingerprint density at radius 3 is 2.42 bits per heavy atom. The minimum Gasteiger partial charge on any atom is -0.346 e. The van der Waals surface area contributed by atoms with E-state index in [0.717, 1.165) is 41.5 Å². The molecule has 0 spiro atoms. The van der Waals surface area contributed by atoms with Gasteiger partial charge in [-0.05, 0) is 36.6 Å². The number of thiazole rings is 1. The van der Waals surface area contributed by atoms with Crippen LogP contribution in [0.4, 0.5) is 5.13 Å². The number of nitrogens with one attached hydrogen (secondary N) is 1. The summed E-state index contributed by atoms with van der Waals surface area (Å²) in [4.78, 5) is 33.8. The quantitative estimate of drug-likeness (QED) is 0.667. The highest BCUT2D eigenvalue weighted by atomic mass is 32.1. The van der Waals surface area contributed by atoms with Crippen LogP contribution in [0, 0.1) is 6.92 Å². The molecule has 2 aromatic carbocycles. The zero-order valence-electron chi connectivity index (χ0n) is 17.6. The predicted molar refractivity (Wildman–Crippen MR) is 124 cm³/mol. The number of rotatable bonds is 5. The van der Waals surface area contributed by atoms with Gasteiger partial charge in [0.2, 0.25) is 5.91 Å². The molecule has 7 heteroatoms. The summed E-state index contributed by atoms with van der Waals surface area (Å²) in [6.07, 6.45) is 0.888. The molecule has 31 heavy (non-hydrogen) atoms. The molecule has 1 aliphatic heterocycles. The molecular formula is C24H26N4O2S. The fourth-order valence-corrected chi connectivity index (χ4v) is 4.52. The smallest absolute Gasteiger partial charge is 0.251 e. The van der Waals surface area contributed by atoms with E-state index in [2.05, 4.69) is 15.2 Å². The maximum absolute atomic E-state index is 12.7. The van der Waals surface area contributed by atoms with Crippen molar-refractivity contribution < 1.29 is 9.59 Å². The molecule has 0 saturated carbocycles. The molecule has 0 aliphatic carbocycles. The number of amides is 2. The number of aromatic nitrogens is 1. The van der Waals surface area contributed by atoms with Crippen LogP contribution in [0.1, 0.15) is 22.5 Å². The highest BCUT2D eigenvalue weighted by molar-refractivity contribution is 7.13. The van der Waals surface area contributed by atoms with Gasteiger partial charge in [-0.25, -0.2) is 4.98 Å². The summed E-state index contributed by atoms with van der Waals surface area (Å²) in [5.74, 6) is -0.283. The fraction of sp³-hybridized carbons (Fsp3) is 0.292. The predicted octanol–water partition coefficient (Wildman–Crippen LogP) is 3.59. The molecule has 2 heterocycles. The van der Waals surface area contributed by atoms with E-state index in [1.54, 1.807) is 23.5 Å². The van der Waals surface area contributed by atoms with Gasteiger partial charge >= 0.3 is 0 Å². The van der Waals surface area contributed by atoms with Gasteiger partial charge in [0.25, 0.3) is 5.91 Å². The van der Waals surface area contributed by atoms with Gasteiger partial charge in [-0.2, -0.15) is 0 Å². The van der Waals surface area contributed by atoms with E-state index in [1.807, 2.05) is 59.7 Å². The van der Waals surface area contributed by atoms with Gasteiger partial charge in [0.15, 0.2) is 5.13 Å². The van der Waals surface area contributed by atoms with E-state index in [1.165, 1.54) is 0 Å². The zero-order valence-corrected chi connectivity index (χ0v) is 18.4. The Labute approximate surface area is 186 Å². The average Bonchev–Trinajstić information content (AvgIpc) is 3.09. The molecule has 160 valence electrons. The van der Waals surface area contributed by atoms with Crippen LogP contribution < -0.4 is 10.2 Å². The Kier molecular flexibility index (Phi) is 6.62. The molecular weight excluding hydrogens is 408 g/mol. The molecule has 3 aromatic rings. The largest absolute Gasteiger partial charge is 0.346 e. The Hall–Kier alpha value is -3.19. The third kappa shape index (κ3) is 5.30. The summed E-state index contributed by atoms with van der Waals surface area (Å²) in [7, 11) is 0. The summed E-state index contributed by atoms with van der Waals surface area (Å²) in [6, 6.07) is 17.5. The first-order valence-corrected chi connectivity index (χ1v) is 11.4. The van der Waals surface area contributed by atoms with Crippen molar-refractivity contribution in [2.75, 3.05) is 37.6 Å². The van der Waals surface area contributed by atoms with E-state index in [4.69, 9.17) is 0 Å². The Morgan fingerprint density at radius 2 is 1.71 bits per heavy atom. The lowest BCUT2D eigenvalue weighted by molar-refractivity contribution is -0.129. The van der Waals surface area contributed by atoms with E-state index in [-0.39, 0.29) is 18.4 Å². The summed E-state index contributed by atoms with van der Waals surface area (Å²) in [5, 5.41) is 5.83. The molecule has 0 bridgehead atoms. The van der Waals surface area contributed by atoms with E-state index in [0.29, 0.717) is 18.7 Å². The van der Waals surface area contributed by atoms with Crippen LogP contribution >= 0.6 is 11.3 Å². The SMILES string of the molecule is Cc1csc(N2CCCN(C(=O)CNC(=O)c3ccc(-c4ccccc4)cc3)CC2)n1.